The summed E-state index contributed by atoms with van der Waals surface area (Å²) in [5, 5.41) is 6.67. The van der Waals surface area contributed by atoms with Gasteiger partial charge in [-0.25, -0.2) is 4.99 Å². The van der Waals surface area contributed by atoms with Crippen molar-refractivity contribution in [2.45, 2.75) is 33.2 Å². The lowest BCUT2D eigenvalue weighted by atomic mass is 10.1. The first-order valence-electron chi connectivity index (χ1n) is 8.32. The van der Waals surface area contributed by atoms with E-state index in [1.54, 1.807) is 0 Å². The number of nitrogens with zero attached hydrogens (tertiary/aromatic N) is 2. The summed E-state index contributed by atoms with van der Waals surface area (Å²) in [5.41, 5.74) is 3.74. The van der Waals surface area contributed by atoms with E-state index in [0.717, 1.165) is 37.6 Å². The number of aromatic nitrogens is 1. The highest BCUT2D eigenvalue weighted by molar-refractivity contribution is 5.79. The first kappa shape index (κ1) is 17.0. The molecule has 2 N–H and O–H groups in total. The second-order valence-electron chi connectivity index (χ2n) is 5.32. The molecular formula is C19H26N4. The van der Waals surface area contributed by atoms with Crippen LogP contribution in [0.4, 0.5) is 0 Å². The topological polar surface area (TPSA) is 49.3 Å². The van der Waals surface area contributed by atoms with Gasteiger partial charge in [0, 0.05) is 31.4 Å². The van der Waals surface area contributed by atoms with Gasteiger partial charge in [0.1, 0.15) is 0 Å². The Hall–Kier alpha value is -2.36. The van der Waals surface area contributed by atoms with Gasteiger partial charge in [0.25, 0.3) is 0 Å². The third kappa shape index (κ3) is 5.74. The molecule has 0 atom stereocenters. The molecule has 1 aromatic carbocycles. The Morgan fingerprint density at radius 3 is 2.48 bits per heavy atom. The minimum Gasteiger partial charge on any atom is -0.357 e. The zero-order valence-electron chi connectivity index (χ0n) is 14.0. The Morgan fingerprint density at radius 1 is 1.00 bits per heavy atom. The third-order valence-corrected chi connectivity index (χ3v) is 3.65. The highest BCUT2D eigenvalue weighted by atomic mass is 15.2. The van der Waals surface area contributed by atoms with Crippen LogP contribution in [-0.4, -0.2) is 24.0 Å². The van der Waals surface area contributed by atoms with Gasteiger partial charge in [-0.15, -0.1) is 0 Å². The number of aryl methyl sites for hydroxylation is 1. The fourth-order valence-corrected chi connectivity index (χ4v) is 2.42. The van der Waals surface area contributed by atoms with Crippen LogP contribution in [0.25, 0.3) is 0 Å². The predicted molar refractivity (Wildman–Crippen MR) is 96.6 cm³/mol. The summed E-state index contributed by atoms with van der Waals surface area (Å²) in [4.78, 5) is 9.04. The summed E-state index contributed by atoms with van der Waals surface area (Å²) in [6, 6.07) is 14.5. The molecular weight excluding hydrogens is 284 g/mol. The summed E-state index contributed by atoms with van der Waals surface area (Å²) in [7, 11) is 0. The number of rotatable bonds is 7. The zero-order valence-corrected chi connectivity index (χ0v) is 14.0. The molecule has 0 aliphatic heterocycles. The summed E-state index contributed by atoms with van der Waals surface area (Å²) >= 11 is 0. The van der Waals surface area contributed by atoms with Crippen LogP contribution in [0.2, 0.25) is 0 Å². The third-order valence-electron chi connectivity index (χ3n) is 3.65. The Labute approximate surface area is 139 Å². The summed E-state index contributed by atoms with van der Waals surface area (Å²) in [6.45, 7) is 6.63. The van der Waals surface area contributed by atoms with Crippen molar-refractivity contribution in [2.75, 3.05) is 13.1 Å². The monoisotopic (exact) mass is 310 g/mol. The minimum atomic E-state index is 0.697. The number of hydrogen-bond acceptors (Lipinski definition) is 2. The first-order valence-corrected chi connectivity index (χ1v) is 8.32. The second-order valence-corrected chi connectivity index (χ2v) is 5.32. The molecule has 4 heteroatoms. The van der Waals surface area contributed by atoms with Crippen LogP contribution >= 0.6 is 0 Å². The molecule has 0 saturated carbocycles. The Bertz CT molecular complexity index is 608. The Morgan fingerprint density at radius 2 is 1.78 bits per heavy atom. The fourth-order valence-electron chi connectivity index (χ4n) is 2.42. The van der Waals surface area contributed by atoms with Crippen LogP contribution in [0.3, 0.4) is 0 Å². The molecule has 0 spiro atoms. The first-order chi connectivity index (χ1) is 11.3. The van der Waals surface area contributed by atoms with Gasteiger partial charge >= 0.3 is 0 Å². The van der Waals surface area contributed by atoms with Crippen molar-refractivity contribution in [2.24, 2.45) is 4.99 Å². The van der Waals surface area contributed by atoms with Crippen molar-refractivity contribution < 1.29 is 0 Å². The molecule has 0 aliphatic carbocycles. The molecule has 0 aliphatic rings. The van der Waals surface area contributed by atoms with Crippen molar-refractivity contribution in [1.29, 1.82) is 0 Å². The van der Waals surface area contributed by atoms with E-state index in [9.17, 15) is 0 Å². The van der Waals surface area contributed by atoms with Crippen molar-refractivity contribution in [3.63, 3.8) is 0 Å². The molecule has 0 unspecified atom stereocenters. The van der Waals surface area contributed by atoms with Gasteiger partial charge in [-0.05, 0) is 36.6 Å². The van der Waals surface area contributed by atoms with Crippen molar-refractivity contribution in [3.05, 3.63) is 65.5 Å². The van der Waals surface area contributed by atoms with E-state index < -0.39 is 0 Å². The average Bonchev–Trinajstić information content (AvgIpc) is 2.61. The molecule has 2 aromatic rings. The minimum absolute atomic E-state index is 0.697. The lowest BCUT2D eigenvalue weighted by Crippen LogP contribution is -2.38. The molecule has 0 radical (unpaired) electrons. The number of hydrogen-bond donors (Lipinski definition) is 2. The molecule has 0 fully saturated rings. The standard InChI is InChI=1S/C19H26N4/c1-3-16-9-5-6-10-17(16)15-23-19(20-4-2)22-14-12-18-11-7-8-13-21-18/h5-11,13H,3-4,12,14-15H2,1-2H3,(H2,20,22,23). The van der Waals surface area contributed by atoms with Gasteiger partial charge in [0.2, 0.25) is 0 Å². The average molecular weight is 310 g/mol. The number of guanidine groups is 1. The van der Waals surface area contributed by atoms with Crippen LogP contribution in [-0.2, 0) is 19.4 Å². The van der Waals surface area contributed by atoms with E-state index in [-0.39, 0.29) is 0 Å². The van der Waals surface area contributed by atoms with Crippen LogP contribution in [0.5, 0.6) is 0 Å². The molecule has 23 heavy (non-hydrogen) atoms. The van der Waals surface area contributed by atoms with E-state index in [4.69, 9.17) is 4.99 Å². The molecule has 0 saturated heterocycles. The van der Waals surface area contributed by atoms with Gasteiger partial charge in [0.15, 0.2) is 5.96 Å². The maximum absolute atomic E-state index is 4.70. The van der Waals surface area contributed by atoms with E-state index in [1.807, 2.05) is 24.4 Å². The van der Waals surface area contributed by atoms with Crippen molar-refractivity contribution in [1.82, 2.24) is 15.6 Å². The summed E-state index contributed by atoms with van der Waals surface area (Å²) in [5.74, 6) is 0.856. The number of aliphatic imine (C=N–C) groups is 1. The number of pyridine rings is 1. The Kier molecular flexibility index (Phi) is 7.11. The lowest BCUT2D eigenvalue weighted by molar-refractivity contribution is 0.787. The van der Waals surface area contributed by atoms with Gasteiger partial charge in [0.05, 0.1) is 6.54 Å². The van der Waals surface area contributed by atoms with Crippen molar-refractivity contribution in [3.8, 4) is 0 Å². The van der Waals surface area contributed by atoms with Crippen LogP contribution in [0, 0.1) is 0 Å². The van der Waals surface area contributed by atoms with Crippen LogP contribution in [0.1, 0.15) is 30.7 Å². The van der Waals surface area contributed by atoms with E-state index in [1.165, 1.54) is 11.1 Å². The highest BCUT2D eigenvalue weighted by Gasteiger charge is 2.01. The summed E-state index contributed by atoms with van der Waals surface area (Å²) < 4.78 is 0. The zero-order chi connectivity index (χ0) is 16.3. The van der Waals surface area contributed by atoms with E-state index in [2.05, 4.69) is 53.7 Å². The largest absolute Gasteiger partial charge is 0.357 e. The molecule has 4 nitrogen and oxygen atoms in total. The molecule has 122 valence electrons. The fraction of sp³-hybridized carbons (Fsp3) is 0.368. The Balaban J connectivity index is 1.91. The van der Waals surface area contributed by atoms with Gasteiger partial charge in [-0.1, -0.05) is 37.3 Å². The molecule has 1 aromatic heterocycles. The van der Waals surface area contributed by atoms with E-state index >= 15 is 0 Å². The number of benzene rings is 1. The normalized spacial score (nSPS) is 11.3. The van der Waals surface area contributed by atoms with E-state index in [0.29, 0.717) is 6.54 Å². The predicted octanol–water partition coefficient (Wildman–Crippen LogP) is 2.94. The van der Waals surface area contributed by atoms with Gasteiger partial charge in [-0.3, -0.25) is 4.98 Å². The van der Waals surface area contributed by atoms with Gasteiger partial charge < -0.3 is 10.6 Å². The molecule has 0 amide bonds. The van der Waals surface area contributed by atoms with Crippen LogP contribution in [0.15, 0.2) is 53.7 Å². The van der Waals surface area contributed by atoms with Crippen LogP contribution < -0.4 is 10.6 Å². The molecule has 1 heterocycles. The lowest BCUT2D eigenvalue weighted by Gasteiger charge is -2.12. The smallest absolute Gasteiger partial charge is 0.191 e. The SMILES string of the molecule is CCNC(=NCc1ccccc1CC)NCCc1ccccn1. The van der Waals surface area contributed by atoms with Crippen molar-refractivity contribution >= 4 is 5.96 Å². The second kappa shape index (κ2) is 9.62. The molecule has 0 bridgehead atoms. The molecule has 2 rings (SSSR count). The maximum atomic E-state index is 4.70. The quantitative estimate of drug-likeness (QED) is 0.610. The summed E-state index contributed by atoms with van der Waals surface area (Å²) in [6.07, 6.45) is 3.75. The maximum Gasteiger partial charge on any atom is 0.191 e. The van der Waals surface area contributed by atoms with Gasteiger partial charge in [-0.2, -0.15) is 0 Å². The highest BCUT2D eigenvalue weighted by Crippen LogP contribution is 2.10. The number of nitrogens with one attached hydrogen (secondary N) is 2.